The highest BCUT2D eigenvalue weighted by atomic mass is 15.3. The molecule has 0 heterocycles. The van der Waals surface area contributed by atoms with Gasteiger partial charge in [-0.15, -0.1) is 0 Å². The van der Waals surface area contributed by atoms with E-state index >= 15 is 0 Å². The molecule has 0 saturated carbocycles. The van der Waals surface area contributed by atoms with Crippen molar-refractivity contribution < 1.29 is 4.48 Å². The van der Waals surface area contributed by atoms with Gasteiger partial charge in [0.2, 0.25) is 0 Å². The third-order valence-electron chi connectivity index (χ3n) is 13.0. The molecule has 1 nitrogen and oxygen atoms in total. The molecule has 1 rings (SSSR count). The minimum atomic E-state index is 1.24. The molecule has 342 valence electrons. The molecule has 0 saturated heterocycles. The molecule has 0 aliphatic rings. The van der Waals surface area contributed by atoms with Gasteiger partial charge >= 0.3 is 0 Å². The Balaban J connectivity index is 2.52. The zero-order valence-electron chi connectivity index (χ0n) is 40.7. The fourth-order valence-electron chi connectivity index (χ4n) is 9.10. The SMILES string of the molecule is CCCCCC/C=C/CCCCCCCCC[N+](CCCCCCCCC/C=C/CCCCCC)(CCCCCCCCC/C=C/CCCCCC)Cc1ccccc1. The van der Waals surface area contributed by atoms with E-state index in [2.05, 4.69) is 87.6 Å². The Hall–Kier alpha value is -1.60. The molecule has 1 heteroatoms. The van der Waals surface area contributed by atoms with Crippen LogP contribution in [0.2, 0.25) is 0 Å². The molecule has 1 aromatic carbocycles. The standard InChI is InChI=1S/C58H106N/c1-4-7-10-13-16-19-22-25-28-31-34-37-40-43-49-54-59(57-58-52-47-46-48-53-58,55-50-44-41-38-35-32-29-26-23-20-17-14-11-8-5-2)56-51-45-42-39-36-33-30-27-24-21-18-15-12-9-6-3/h19-24,46-48,52-53H,4-18,25-45,49-51,54-57H2,1-3H3/q+1/b22-19+,23-20+,24-21+. The van der Waals surface area contributed by atoms with Gasteiger partial charge in [-0.05, 0) is 116 Å². The van der Waals surface area contributed by atoms with Gasteiger partial charge in [0.05, 0.1) is 19.6 Å². The summed E-state index contributed by atoms with van der Waals surface area (Å²) < 4.78 is 1.34. The summed E-state index contributed by atoms with van der Waals surface area (Å²) in [5.74, 6) is 0. The van der Waals surface area contributed by atoms with Gasteiger partial charge in [0.25, 0.3) is 0 Å². The first-order chi connectivity index (χ1) is 29.3. The first kappa shape index (κ1) is 55.4. The zero-order valence-corrected chi connectivity index (χ0v) is 40.7. The van der Waals surface area contributed by atoms with E-state index in [-0.39, 0.29) is 0 Å². The molecule has 0 fully saturated rings. The van der Waals surface area contributed by atoms with Crippen LogP contribution in [0, 0.1) is 0 Å². The maximum atomic E-state index is 2.46. The fourth-order valence-corrected chi connectivity index (χ4v) is 9.10. The van der Waals surface area contributed by atoms with Crippen molar-refractivity contribution in [1.29, 1.82) is 0 Å². The molecule has 0 aliphatic heterocycles. The summed E-state index contributed by atoms with van der Waals surface area (Å²) >= 11 is 0. The van der Waals surface area contributed by atoms with Crippen molar-refractivity contribution in [3.8, 4) is 0 Å². The molecule has 0 aromatic heterocycles. The van der Waals surface area contributed by atoms with Gasteiger partial charge in [0.15, 0.2) is 0 Å². The number of unbranched alkanes of at least 4 members (excludes halogenated alkanes) is 33. The molecule has 0 atom stereocenters. The summed E-state index contributed by atoms with van der Waals surface area (Å²) in [7, 11) is 0. The minimum absolute atomic E-state index is 1.24. The van der Waals surface area contributed by atoms with E-state index in [1.807, 2.05) is 0 Å². The van der Waals surface area contributed by atoms with Crippen molar-refractivity contribution in [2.24, 2.45) is 0 Å². The number of nitrogens with zero attached hydrogens (tertiary/aromatic N) is 1. The van der Waals surface area contributed by atoms with Crippen LogP contribution in [0.15, 0.2) is 66.8 Å². The highest BCUT2D eigenvalue weighted by Crippen LogP contribution is 2.23. The molecular weight excluding hydrogens is 711 g/mol. The molecule has 0 aliphatic carbocycles. The number of hydrogen-bond donors (Lipinski definition) is 0. The predicted molar refractivity (Wildman–Crippen MR) is 270 cm³/mol. The Kier molecular flexibility index (Phi) is 43.1. The first-order valence-electron chi connectivity index (χ1n) is 27.1. The second-order valence-corrected chi connectivity index (χ2v) is 18.9. The normalized spacial score (nSPS) is 12.3. The van der Waals surface area contributed by atoms with Crippen LogP contribution >= 0.6 is 0 Å². The Morgan fingerprint density at radius 3 is 0.797 bits per heavy atom. The molecule has 0 spiro atoms. The van der Waals surface area contributed by atoms with Crippen molar-refractivity contribution in [3.63, 3.8) is 0 Å². The van der Waals surface area contributed by atoms with Gasteiger partial charge < -0.3 is 4.48 Å². The van der Waals surface area contributed by atoms with E-state index < -0.39 is 0 Å². The number of hydrogen-bond acceptors (Lipinski definition) is 0. The lowest BCUT2D eigenvalue weighted by Crippen LogP contribution is -2.49. The summed E-state index contributed by atoms with van der Waals surface area (Å²) in [6.07, 6.45) is 68.9. The van der Waals surface area contributed by atoms with Crippen LogP contribution in [0.1, 0.15) is 277 Å². The summed E-state index contributed by atoms with van der Waals surface area (Å²) in [4.78, 5) is 0. The lowest BCUT2D eigenvalue weighted by Gasteiger charge is -2.39. The number of rotatable bonds is 47. The van der Waals surface area contributed by atoms with Crippen molar-refractivity contribution in [1.82, 2.24) is 0 Å². The summed E-state index contributed by atoms with van der Waals surface area (Å²) in [6, 6.07) is 11.6. The number of benzene rings is 1. The van der Waals surface area contributed by atoms with Crippen LogP contribution < -0.4 is 0 Å². The predicted octanol–water partition coefficient (Wildman–Crippen LogP) is 19.9. The largest absolute Gasteiger partial charge is 0.320 e. The third kappa shape index (κ3) is 39.0. The van der Waals surface area contributed by atoms with Crippen molar-refractivity contribution in [2.45, 2.75) is 278 Å². The van der Waals surface area contributed by atoms with Crippen LogP contribution in [-0.2, 0) is 6.54 Å². The quantitative estimate of drug-likeness (QED) is 0.0349. The van der Waals surface area contributed by atoms with E-state index in [1.54, 1.807) is 5.56 Å². The van der Waals surface area contributed by atoms with Gasteiger partial charge in [0, 0.05) is 5.56 Å². The van der Waals surface area contributed by atoms with Gasteiger partial charge in [-0.3, -0.25) is 0 Å². The molecule has 0 N–H and O–H groups in total. The van der Waals surface area contributed by atoms with E-state index in [0.717, 1.165) is 0 Å². The highest BCUT2D eigenvalue weighted by molar-refractivity contribution is 5.13. The van der Waals surface area contributed by atoms with Crippen LogP contribution in [0.25, 0.3) is 0 Å². The van der Waals surface area contributed by atoms with Gasteiger partial charge in [-0.25, -0.2) is 0 Å². The molecular formula is C58H106N+. The topological polar surface area (TPSA) is 0 Å². The second-order valence-electron chi connectivity index (χ2n) is 18.9. The maximum Gasteiger partial charge on any atom is 0.104 e. The van der Waals surface area contributed by atoms with E-state index in [4.69, 9.17) is 0 Å². The summed E-state index contributed by atoms with van der Waals surface area (Å²) in [5, 5.41) is 0. The van der Waals surface area contributed by atoms with Crippen LogP contribution in [-0.4, -0.2) is 24.1 Å². The highest BCUT2D eigenvalue weighted by Gasteiger charge is 2.26. The third-order valence-corrected chi connectivity index (χ3v) is 13.0. The lowest BCUT2D eigenvalue weighted by atomic mass is 10.0. The van der Waals surface area contributed by atoms with Crippen molar-refractivity contribution >= 4 is 0 Å². The Morgan fingerprint density at radius 1 is 0.288 bits per heavy atom. The Bertz CT molecular complexity index is 921. The van der Waals surface area contributed by atoms with Crippen LogP contribution in [0.3, 0.4) is 0 Å². The first-order valence-corrected chi connectivity index (χ1v) is 27.1. The Labute approximate surface area is 372 Å². The lowest BCUT2D eigenvalue weighted by molar-refractivity contribution is -0.941. The second kappa shape index (κ2) is 45.9. The van der Waals surface area contributed by atoms with Crippen molar-refractivity contribution in [2.75, 3.05) is 19.6 Å². The molecule has 0 bridgehead atoms. The monoisotopic (exact) mass is 817 g/mol. The average molecular weight is 817 g/mol. The number of allylic oxidation sites excluding steroid dienone is 6. The molecule has 59 heavy (non-hydrogen) atoms. The van der Waals surface area contributed by atoms with E-state index in [0.29, 0.717) is 0 Å². The Morgan fingerprint density at radius 2 is 0.525 bits per heavy atom. The fraction of sp³-hybridized carbons (Fsp3) is 0.793. The zero-order chi connectivity index (χ0) is 42.3. The smallest absolute Gasteiger partial charge is 0.104 e. The minimum Gasteiger partial charge on any atom is -0.320 e. The van der Waals surface area contributed by atoms with Crippen molar-refractivity contribution in [3.05, 3.63) is 72.4 Å². The van der Waals surface area contributed by atoms with Gasteiger partial charge in [-0.2, -0.15) is 0 Å². The molecule has 0 amide bonds. The molecule has 0 radical (unpaired) electrons. The number of quaternary nitrogens is 1. The van der Waals surface area contributed by atoms with E-state index in [9.17, 15) is 0 Å². The van der Waals surface area contributed by atoms with E-state index in [1.165, 1.54) is 281 Å². The molecule has 0 unspecified atom stereocenters. The summed E-state index contributed by atoms with van der Waals surface area (Å²) in [6.45, 7) is 12.3. The van der Waals surface area contributed by atoms with Crippen LogP contribution in [0.4, 0.5) is 0 Å². The van der Waals surface area contributed by atoms with Gasteiger partial charge in [0.1, 0.15) is 6.54 Å². The average Bonchev–Trinajstić information content (AvgIpc) is 3.25. The summed E-state index contributed by atoms with van der Waals surface area (Å²) in [5.41, 5.74) is 1.56. The maximum absolute atomic E-state index is 2.46. The van der Waals surface area contributed by atoms with Crippen LogP contribution in [0.5, 0.6) is 0 Å². The molecule has 1 aromatic rings. The van der Waals surface area contributed by atoms with Gasteiger partial charge in [-0.1, -0.05) is 222 Å².